The summed E-state index contributed by atoms with van der Waals surface area (Å²) in [4.78, 5) is 12.9. The molecular weight excluding hydrogens is 388 g/mol. The van der Waals surface area contributed by atoms with Crippen molar-refractivity contribution in [2.75, 3.05) is 0 Å². The van der Waals surface area contributed by atoms with Gasteiger partial charge in [-0.2, -0.15) is 5.01 Å². The van der Waals surface area contributed by atoms with Crippen LogP contribution in [0, 0.1) is 5.92 Å². The standard InChI is InChI=1S/C22H21BrN2O/c1-22(2)13-20(26)24-19(10-14-6-4-3-5-7-14)18-12-15-11-16(23)8-9-17(15)21(18)25(22)24/h3-11,18,21H,12-13H2,1-2H3/b19-10+. The summed E-state index contributed by atoms with van der Waals surface area (Å²) in [5, 5.41) is 4.32. The van der Waals surface area contributed by atoms with Crippen molar-refractivity contribution in [1.82, 2.24) is 10.0 Å². The summed E-state index contributed by atoms with van der Waals surface area (Å²) >= 11 is 3.61. The fraction of sp³-hybridized carbons (Fsp3) is 0.318. The highest BCUT2D eigenvalue weighted by Crippen LogP contribution is 2.57. The van der Waals surface area contributed by atoms with Crippen LogP contribution in [0.3, 0.4) is 0 Å². The fourth-order valence-corrected chi connectivity index (χ4v) is 5.31. The molecule has 0 radical (unpaired) electrons. The van der Waals surface area contributed by atoms with Gasteiger partial charge >= 0.3 is 0 Å². The Balaban J connectivity index is 1.68. The van der Waals surface area contributed by atoms with Gasteiger partial charge in [-0.3, -0.25) is 4.79 Å². The lowest BCUT2D eigenvalue weighted by atomic mass is 9.92. The van der Waals surface area contributed by atoms with Gasteiger partial charge in [-0.25, -0.2) is 5.01 Å². The van der Waals surface area contributed by atoms with E-state index in [4.69, 9.17) is 0 Å². The normalized spacial score (nSPS) is 27.7. The number of rotatable bonds is 1. The molecule has 0 aromatic heterocycles. The molecule has 5 rings (SSSR count). The van der Waals surface area contributed by atoms with E-state index < -0.39 is 0 Å². The average Bonchev–Trinajstić information content (AvgIpc) is 3.17. The lowest BCUT2D eigenvalue weighted by molar-refractivity contribution is -0.134. The SMILES string of the molecule is CC1(C)CC(=O)N2/C(=C/c3ccccc3)C3Cc4cc(Br)ccc4C3N21. The maximum absolute atomic E-state index is 12.9. The van der Waals surface area contributed by atoms with E-state index in [1.165, 1.54) is 11.1 Å². The monoisotopic (exact) mass is 408 g/mol. The molecule has 2 aliphatic heterocycles. The Labute approximate surface area is 162 Å². The Kier molecular flexibility index (Phi) is 3.47. The summed E-state index contributed by atoms with van der Waals surface area (Å²) in [7, 11) is 0. The topological polar surface area (TPSA) is 23.6 Å². The number of carbonyl (C=O) groups is 1. The Bertz CT molecular complexity index is 934. The Morgan fingerprint density at radius 2 is 1.92 bits per heavy atom. The number of hydrazine groups is 1. The van der Waals surface area contributed by atoms with E-state index in [-0.39, 0.29) is 17.5 Å². The smallest absolute Gasteiger partial charge is 0.243 e. The molecule has 2 aromatic rings. The van der Waals surface area contributed by atoms with Crippen molar-refractivity contribution in [3.63, 3.8) is 0 Å². The van der Waals surface area contributed by atoms with Gasteiger partial charge in [-0.15, -0.1) is 0 Å². The van der Waals surface area contributed by atoms with Crippen LogP contribution in [-0.4, -0.2) is 21.5 Å². The number of amides is 1. The van der Waals surface area contributed by atoms with Crippen molar-refractivity contribution in [2.45, 2.75) is 38.3 Å². The van der Waals surface area contributed by atoms with Crippen molar-refractivity contribution in [3.05, 3.63) is 75.4 Å². The van der Waals surface area contributed by atoms with Gasteiger partial charge in [0.1, 0.15) is 0 Å². The van der Waals surface area contributed by atoms with Crippen LogP contribution in [0.2, 0.25) is 0 Å². The molecule has 0 spiro atoms. The van der Waals surface area contributed by atoms with E-state index in [0.29, 0.717) is 12.3 Å². The Morgan fingerprint density at radius 3 is 2.69 bits per heavy atom. The molecule has 3 aliphatic rings. The predicted octanol–water partition coefficient (Wildman–Crippen LogP) is 4.95. The maximum atomic E-state index is 12.9. The summed E-state index contributed by atoms with van der Waals surface area (Å²) in [5.74, 6) is 0.535. The number of hydrogen-bond acceptors (Lipinski definition) is 2. The molecule has 2 heterocycles. The molecule has 4 heteroatoms. The predicted molar refractivity (Wildman–Crippen MR) is 106 cm³/mol. The van der Waals surface area contributed by atoms with E-state index in [9.17, 15) is 4.79 Å². The van der Waals surface area contributed by atoms with Crippen molar-refractivity contribution in [2.24, 2.45) is 5.92 Å². The number of carbonyl (C=O) groups excluding carboxylic acids is 1. The van der Waals surface area contributed by atoms with Crippen LogP contribution in [0.1, 0.15) is 43.0 Å². The summed E-state index contributed by atoms with van der Waals surface area (Å²) in [6.45, 7) is 4.37. The van der Waals surface area contributed by atoms with Gasteiger partial charge in [0.2, 0.25) is 5.91 Å². The third kappa shape index (κ3) is 2.25. The van der Waals surface area contributed by atoms with Crippen molar-refractivity contribution >= 4 is 27.9 Å². The molecule has 2 saturated heterocycles. The summed E-state index contributed by atoms with van der Waals surface area (Å²) in [6.07, 6.45) is 3.75. The lowest BCUT2D eigenvalue weighted by Gasteiger charge is -2.35. The molecule has 0 bridgehead atoms. The molecule has 2 atom stereocenters. The largest absolute Gasteiger partial charge is 0.273 e. The van der Waals surface area contributed by atoms with Gasteiger partial charge in [0, 0.05) is 28.0 Å². The van der Waals surface area contributed by atoms with Crippen LogP contribution in [-0.2, 0) is 11.2 Å². The second-order valence-electron chi connectivity index (χ2n) is 8.12. The fourth-order valence-electron chi connectivity index (χ4n) is 4.90. The molecule has 2 fully saturated rings. The zero-order chi connectivity index (χ0) is 18.1. The minimum absolute atomic E-state index is 0.166. The third-order valence-electron chi connectivity index (χ3n) is 5.90. The number of fused-ring (bicyclic) bond motifs is 5. The maximum Gasteiger partial charge on any atom is 0.243 e. The number of halogens is 1. The van der Waals surface area contributed by atoms with Crippen LogP contribution in [0.4, 0.5) is 0 Å². The van der Waals surface area contributed by atoms with E-state index >= 15 is 0 Å². The highest BCUT2D eigenvalue weighted by Gasteiger charge is 2.59. The molecule has 0 saturated carbocycles. The first-order valence-electron chi connectivity index (χ1n) is 9.13. The second kappa shape index (κ2) is 5.54. The van der Waals surface area contributed by atoms with Gasteiger partial charge in [0.25, 0.3) is 0 Å². The van der Waals surface area contributed by atoms with E-state index in [1.54, 1.807) is 0 Å². The molecule has 3 nitrogen and oxygen atoms in total. The van der Waals surface area contributed by atoms with Gasteiger partial charge in [-0.05, 0) is 55.2 Å². The van der Waals surface area contributed by atoms with Gasteiger partial charge in [0.05, 0.1) is 6.04 Å². The average molecular weight is 409 g/mol. The van der Waals surface area contributed by atoms with Crippen molar-refractivity contribution in [3.8, 4) is 0 Å². The number of hydrogen-bond donors (Lipinski definition) is 0. The Hall–Kier alpha value is -1.91. The first kappa shape index (κ1) is 16.3. The van der Waals surface area contributed by atoms with E-state index in [0.717, 1.165) is 22.2 Å². The van der Waals surface area contributed by atoms with Crippen molar-refractivity contribution in [1.29, 1.82) is 0 Å². The highest BCUT2D eigenvalue weighted by molar-refractivity contribution is 9.10. The highest BCUT2D eigenvalue weighted by atomic mass is 79.9. The first-order chi connectivity index (χ1) is 12.5. The molecule has 26 heavy (non-hydrogen) atoms. The third-order valence-corrected chi connectivity index (χ3v) is 6.40. The zero-order valence-corrected chi connectivity index (χ0v) is 16.5. The zero-order valence-electron chi connectivity index (χ0n) is 14.9. The quantitative estimate of drug-likeness (QED) is 0.666. The van der Waals surface area contributed by atoms with Gasteiger partial charge in [0.15, 0.2) is 0 Å². The molecule has 132 valence electrons. The molecule has 2 unspecified atom stereocenters. The molecule has 1 amide bonds. The summed E-state index contributed by atoms with van der Waals surface area (Å²) in [5.41, 5.74) is 4.88. The van der Waals surface area contributed by atoms with E-state index in [1.807, 2.05) is 23.2 Å². The van der Waals surface area contributed by atoms with Crippen LogP contribution < -0.4 is 0 Å². The summed E-state index contributed by atoms with van der Waals surface area (Å²) in [6, 6.07) is 17.2. The minimum atomic E-state index is -0.166. The molecule has 2 aromatic carbocycles. The number of nitrogens with zero attached hydrogens (tertiary/aromatic N) is 2. The van der Waals surface area contributed by atoms with Crippen molar-refractivity contribution < 1.29 is 4.79 Å². The van der Waals surface area contributed by atoms with Gasteiger partial charge in [-0.1, -0.05) is 52.3 Å². The molecule has 1 aliphatic carbocycles. The molecule has 0 N–H and O–H groups in total. The minimum Gasteiger partial charge on any atom is -0.273 e. The number of benzene rings is 2. The van der Waals surface area contributed by atoms with E-state index in [2.05, 4.69) is 71.2 Å². The van der Waals surface area contributed by atoms with Crippen LogP contribution in [0.25, 0.3) is 6.08 Å². The lowest BCUT2D eigenvalue weighted by Crippen LogP contribution is -2.43. The van der Waals surface area contributed by atoms with Crippen LogP contribution in [0.5, 0.6) is 0 Å². The summed E-state index contributed by atoms with van der Waals surface area (Å²) < 4.78 is 1.12. The Morgan fingerprint density at radius 1 is 1.15 bits per heavy atom. The second-order valence-corrected chi connectivity index (χ2v) is 9.03. The van der Waals surface area contributed by atoms with Crippen LogP contribution in [0.15, 0.2) is 58.7 Å². The first-order valence-corrected chi connectivity index (χ1v) is 9.92. The van der Waals surface area contributed by atoms with Crippen LogP contribution >= 0.6 is 15.9 Å². The molecular formula is C22H21BrN2O. The van der Waals surface area contributed by atoms with Gasteiger partial charge < -0.3 is 0 Å².